The number of amides is 1. The maximum Gasteiger partial charge on any atom is 0.312 e. The van der Waals surface area contributed by atoms with Crippen molar-refractivity contribution in [1.29, 1.82) is 0 Å². The Labute approximate surface area is 104 Å². The predicted molar refractivity (Wildman–Crippen MR) is 66.8 cm³/mol. The van der Waals surface area contributed by atoms with Gasteiger partial charge in [0.25, 0.3) is 0 Å². The number of nitrogens with zero attached hydrogens (tertiary/aromatic N) is 1. The van der Waals surface area contributed by atoms with Crippen LogP contribution in [-0.4, -0.2) is 31.0 Å². The lowest BCUT2D eigenvalue weighted by Gasteiger charge is -2.07. The number of likely N-dealkylation sites (N-methyl/N-ethyl adjacent to an activating group) is 1. The minimum absolute atomic E-state index is 0.157. The summed E-state index contributed by atoms with van der Waals surface area (Å²) in [7, 11) is 1.35. The molecule has 0 spiro atoms. The lowest BCUT2D eigenvalue weighted by Crippen LogP contribution is -2.27. The molecule has 0 aliphatic carbocycles. The highest BCUT2D eigenvalue weighted by Crippen LogP contribution is 2.29. The molecule has 7 nitrogen and oxygen atoms in total. The summed E-state index contributed by atoms with van der Waals surface area (Å²) < 4.78 is 4.86. The molecule has 0 aliphatic rings. The second-order valence-corrected chi connectivity index (χ2v) is 3.47. The number of methoxy groups -OCH3 is 1. The topological polar surface area (TPSA) is 93.5 Å². The van der Waals surface area contributed by atoms with Gasteiger partial charge in [-0.2, -0.15) is 0 Å². The van der Waals surface area contributed by atoms with E-state index in [1.807, 2.05) is 6.92 Å². The number of hydrogen-bond acceptors (Lipinski definition) is 5. The molecule has 0 radical (unpaired) electrons. The summed E-state index contributed by atoms with van der Waals surface area (Å²) in [6.45, 7) is 2.72. The van der Waals surface area contributed by atoms with Gasteiger partial charge in [-0.1, -0.05) is 6.92 Å². The third-order valence-corrected chi connectivity index (χ3v) is 2.19. The Morgan fingerprint density at radius 1 is 1.50 bits per heavy atom. The van der Waals surface area contributed by atoms with Crippen LogP contribution in [0.15, 0.2) is 18.2 Å². The Morgan fingerprint density at radius 3 is 2.78 bits per heavy atom. The van der Waals surface area contributed by atoms with Gasteiger partial charge in [0, 0.05) is 11.8 Å². The fraction of sp³-hybridized carbons (Fsp3) is 0.364. The number of benzene rings is 1. The summed E-state index contributed by atoms with van der Waals surface area (Å²) in [5.74, 6) is -0.0963. The van der Waals surface area contributed by atoms with Crippen LogP contribution in [0.2, 0.25) is 0 Å². The van der Waals surface area contributed by atoms with Gasteiger partial charge in [-0.25, -0.2) is 0 Å². The lowest BCUT2D eigenvalue weighted by molar-refractivity contribution is -0.385. The average Bonchev–Trinajstić information content (AvgIpc) is 2.36. The molecule has 18 heavy (non-hydrogen) atoms. The molecule has 0 unspecified atom stereocenters. The molecule has 0 atom stereocenters. The number of nitro groups is 1. The van der Waals surface area contributed by atoms with Gasteiger partial charge in [0.05, 0.1) is 18.6 Å². The van der Waals surface area contributed by atoms with E-state index in [0.29, 0.717) is 12.2 Å². The van der Waals surface area contributed by atoms with E-state index in [-0.39, 0.29) is 23.9 Å². The van der Waals surface area contributed by atoms with Crippen LogP contribution in [0.25, 0.3) is 0 Å². The second kappa shape index (κ2) is 6.55. The molecule has 1 rings (SSSR count). The summed E-state index contributed by atoms with van der Waals surface area (Å²) in [5.41, 5.74) is 0.184. The molecule has 0 bridgehead atoms. The number of nitrogens with one attached hydrogen (secondary N) is 2. The SMILES string of the molecule is CCNCC(=O)Nc1ccc(OC)c([N+](=O)[O-])c1. The molecule has 0 aromatic heterocycles. The molecular weight excluding hydrogens is 238 g/mol. The highest BCUT2D eigenvalue weighted by Gasteiger charge is 2.15. The van der Waals surface area contributed by atoms with Crippen LogP contribution in [0.3, 0.4) is 0 Å². The van der Waals surface area contributed by atoms with Crippen LogP contribution < -0.4 is 15.4 Å². The van der Waals surface area contributed by atoms with Gasteiger partial charge in [0.15, 0.2) is 5.75 Å². The van der Waals surface area contributed by atoms with E-state index in [2.05, 4.69) is 10.6 Å². The third kappa shape index (κ3) is 3.70. The van der Waals surface area contributed by atoms with Gasteiger partial charge in [-0.15, -0.1) is 0 Å². The maximum atomic E-state index is 11.4. The van der Waals surface area contributed by atoms with E-state index in [0.717, 1.165) is 0 Å². The van der Waals surface area contributed by atoms with Crippen LogP contribution in [0, 0.1) is 10.1 Å². The van der Waals surface area contributed by atoms with Crippen LogP contribution in [0.5, 0.6) is 5.75 Å². The Kier molecular flexibility index (Phi) is 5.06. The summed E-state index contributed by atoms with van der Waals surface area (Å²) >= 11 is 0. The quantitative estimate of drug-likeness (QED) is 0.586. The van der Waals surface area contributed by atoms with Gasteiger partial charge < -0.3 is 15.4 Å². The summed E-state index contributed by atoms with van der Waals surface area (Å²) in [6.07, 6.45) is 0. The van der Waals surface area contributed by atoms with Gasteiger partial charge in [-0.3, -0.25) is 14.9 Å². The maximum absolute atomic E-state index is 11.4. The van der Waals surface area contributed by atoms with Gasteiger partial charge >= 0.3 is 5.69 Å². The Morgan fingerprint density at radius 2 is 2.22 bits per heavy atom. The van der Waals surface area contributed by atoms with Crippen molar-refractivity contribution in [3.63, 3.8) is 0 Å². The number of hydrogen-bond donors (Lipinski definition) is 2. The molecule has 0 aliphatic heterocycles. The highest BCUT2D eigenvalue weighted by molar-refractivity contribution is 5.92. The molecule has 1 aromatic carbocycles. The zero-order valence-corrected chi connectivity index (χ0v) is 10.2. The molecule has 0 fully saturated rings. The van der Waals surface area contributed by atoms with Crippen molar-refractivity contribution in [3.05, 3.63) is 28.3 Å². The zero-order chi connectivity index (χ0) is 13.5. The summed E-state index contributed by atoms with van der Waals surface area (Å²) in [4.78, 5) is 21.7. The first-order valence-electron chi connectivity index (χ1n) is 5.41. The Balaban J connectivity index is 2.82. The monoisotopic (exact) mass is 253 g/mol. The molecule has 0 saturated carbocycles. The highest BCUT2D eigenvalue weighted by atomic mass is 16.6. The molecule has 2 N–H and O–H groups in total. The van der Waals surface area contributed by atoms with E-state index < -0.39 is 4.92 Å². The lowest BCUT2D eigenvalue weighted by atomic mass is 10.2. The minimum atomic E-state index is -0.557. The largest absolute Gasteiger partial charge is 0.490 e. The van der Waals surface area contributed by atoms with Crippen molar-refractivity contribution in [2.24, 2.45) is 0 Å². The second-order valence-electron chi connectivity index (χ2n) is 3.47. The van der Waals surface area contributed by atoms with E-state index >= 15 is 0 Å². The van der Waals surface area contributed by atoms with Crippen molar-refractivity contribution in [2.45, 2.75) is 6.92 Å². The fourth-order valence-corrected chi connectivity index (χ4v) is 1.35. The van der Waals surface area contributed by atoms with E-state index in [1.165, 1.54) is 19.2 Å². The van der Waals surface area contributed by atoms with Crippen LogP contribution >= 0.6 is 0 Å². The predicted octanol–water partition coefficient (Wildman–Crippen LogP) is 1.15. The molecular formula is C11H15N3O4. The van der Waals surface area contributed by atoms with Crippen molar-refractivity contribution in [3.8, 4) is 5.75 Å². The molecule has 1 aromatic rings. The fourth-order valence-electron chi connectivity index (χ4n) is 1.35. The van der Waals surface area contributed by atoms with E-state index in [4.69, 9.17) is 4.74 Å². The van der Waals surface area contributed by atoms with Gasteiger partial charge in [0.1, 0.15) is 0 Å². The molecule has 0 heterocycles. The number of anilines is 1. The summed E-state index contributed by atoms with van der Waals surface area (Å²) in [6, 6.07) is 4.26. The van der Waals surface area contributed by atoms with E-state index in [9.17, 15) is 14.9 Å². The Bertz CT molecular complexity index is 448. The molecule has 7 heteroatoms. The number of ether oxygens (including phenoxy) is 1. The summed E-state index contributed by atoms with van der Waals surface area (Å²) in [5, 5.41) is 16.2. The van der Waals surface area contributed by atoms with Crippen molar-refractivity contribution in [1.82, 2.24) is 5.32 Å². The number of carbonyl (C=O) groups is 1. The first kappa shape index (κ1) is 13.9. The standard InChI is InChI=1S/C11H15N3O4/c1-3-12-7-11(15)13-8-4-5-10(18-2)9(6-8)14(16)17/h4-6,12H,3,7H2,1-2H3,(H,13,15). The molecule has 98 valence electrons. The number of rotatable bonds is 6. The van der Waals surface area contributed by atoms with Gasteiger partial charge in [0.2, 0.25) is 5.91 Å². The average molecular weight is 253 g/mol. The zero-order valence-electron chi connectivity index (χ0n) is 10.2. The van der Waals surface area contributed by atoms with Crippen molar-refractivity contribution < 1.29 is 14.5 Å². The third-order valence-electron chi connectivity index (χ3n) is 2.19. The van der Waals surface area contributed by atoms with Crippen molar-refractivity contribution in [2.75, 3.05) is 25.5 Å². The van der Waals surface area contributed by atoms with Crippen LogP contribution in [0.4, 0.5) is 11.4 Å². The number of carbonyl (C=O) groups excluding carboxylic acids is 1. The first-order valence-corrected chi connectivity index (χ1v) is 5.41. The minimum Gasteiger partial charge on any atom is -0.490 e. The smallest absolute Gasteiger partial charge is 0.312 e. The van der Waals surface area contributed by atoms with Gasteiger partial charge in [-0.05, 0) is 18.7 Å². The van der Waals surface area contributed by atoms with E-state index in [1.54, 1.807) is 6.07 Å². The van der Waals surface area contributed by atoms with Crippen LogP contribution in [0.1, 0.15) is 6.92 Å². The normalized spacial score (nSPS) is 9.89. The number of nitro benzene ring substituents is 1. The van der Waals surface area contributed by atoms with Crippen LogP contribution in [-0.2, 0) is 4.79 Å². The molecule has 1 amide bonds. The Hall–Kier alpha value is -2.15. The first-order chi connectivity index (χ1) is 8.58. The van der Waals surface area contributed by atoms with Crippen molar-refractivity contribution >= 4 is 17.3 Å². The molecule has 0 saturated heterocycles.